The quantitative estimate of drug-likeness (QED) is 0.460. The summed E-state index contributed by atoms with van der Waals surface area (Å²) in [6.45, 7) is 9.43. The number of hydrogen-bond donors (Lipinski definition) is 0. The van der Waals surface area contributed by atoms with Crippen molar-refractivity contribution in [2.24, 2.45) is 0 Å². The maximum Gasteiger partial charge on any atom is 0.496 e. The van der Waals surface area contributed by atoms with Crippen LogP contribution in [0.2, 0.25) is 0 Å². The highest BCUT2D eigenvalue weighted by atomic mass is 16.7. The molecule has 0 aromatic carbocycles. The topological polar surface area (TPSA) is 74.5 Å². The fourth-order valence-corrected chi connectivity index (χ4v) is 1.92. The number of rotatable bonds is 2. The van der Waals surface area contributed by atoms with Crippen molar-refractivity contribution in [3.8, 4) is 0 Å². The van der Waals surface area contributed by atoms with Crippen LogP contribution in [0.3, 0.4) is 0 Å². The summed E-state index contributed by atoms with van der Waals surface area (Å²) < 4.78 is 11.8. The number of pyridine rings is 1. The molecule has 2 heterocycles. The van der Waals surface area contributed by atoms with Gasteiger partial charge in [0.2, 0.25) is 0 Å². The van der Waals surface area contributed by atoms with Crippen molar-refractivity contribution >= 4 is 18.3 Å². The summed E-state index contributed by atoms with van der Waals surface area (Å²) in [5.74, 6) is 0. The minimum absolute atomic E-state index is 0.0211. The second-order valence-electron chi connectivity index (χ2n) is 5.72. The summed E-state index contributed by atoms with van der Waals surface area (Å²) in [6.07, 6.45) is 2.80. The summed E-state index contributed by atoms with van der Waals surface area (Å²) in [4.78, 5) is 14.4. The predicted octanol–water partition coefficient (Wildman–Crippen LogP) is 1.60. The molecule has 1 aliphatic heterocycles. The Labute approximate surface area is 112 Å². The van der Waals surface area contributed by atoms with Gasteiger partial charge in [0, 0.05) is 17.2 Å². The number of nitro groups is 1. The van der Waals surface area contributed by atoms with Crippen LogP contribution in [-0.4, -0.2) is 28.2 Å². The van der Waals surface area contributed by atoms with Crippen LogP contribution < -0.4 is 5.46 Å². The van der Waals surface area contributed by atoms with Gasteiger partial charge in [-0.25, -0.2) is 0 Å². The second kappa shape index (κ2) is 4.28. The van der Waals surface area contributed by atoms with Crippen molar-refractivity contribution < 1.29 is 14.2 Å². The van der Waals surface area contributed by atoms with E-state index in [1.54, 1.807) is 13.1 Å². The zero-order valence-electron chi connectivity index (χ0n) is 11.8. The predicted molar refractivity (Wildman–Crippen MR) is 71.3 cm³/mol. The van der Waals surface area contributed by atoms with Crippen LogP contribution in [0.1, 0.15) is 33.3 Å². The number of hydrogen-bond acceptors (Lipinski definition) is 5. The maximum atomic E-state index is 10.9. The Kier molecular flexibility index (Phi) is 3.14. The Morgan fingerprint density at radius 3 is 2.21 bits per heavy atom. The highest BCUT2D eigenvalue weighted by molar-refractivity contribution is 6.62. The van der Waals surface area contributed by atoms with E-state index < -0.39 is 23.2 Å². The normalized spacial score (nSPS) is 20.6. The molecule has 102 valence electrons. The third-order valence-electron chi connectivity index (χ3n) is 3.93. The van der Waals surface area contributed by atoms with Crippen LogP contribution in [0.4, 0.5) is 5.69 Å². The Bertz CT molecular complexity index is 514. The van der Waals surface area contributed by atoms with E-state index in [-0.39, 0.29) is 5.69 Å². The first-order valence-electron chi connectivity index (χ1n) is 6.10. The molecule has 0 aliphatic carbocycles. The van der Waals surface area contributed by atoms with Gasteiger partial charge >= 0.3 is 7.12 Å². The summed E-state index contributed by atoms with van der Waals surface area (Å²) in [6, 6.07) is 0. The van der Waals surface area contributed by atoms with Crippen LogP contribution in [0, 0.1) is 17.0 Å². The Hall–Kier alpha value is -1.47. The Morgan fingerprint density at radius 1 is 1.21 bits per heavy atom. The molecule has 0 spiro atoms. The second-order valence-corrected chi connectivity index (χ2v) is 5.72. The van der Waals surface area contributed by atoms with Gasteiger partial charge in [-0.05, 0) is 34.6 Å². The molecule has 2 rings (SSSR count). The molecule has 0 N–H and O–H groups in total. The van der Waals surface area contributed by atoms with E-state index in [0.717, 1.165) is 0 Å². The highest BCUT2D eigenvalue weighted by Crippen LogP contribution is 2.36. The standard InChI is InChI=1S/C12H17BN2O4/c1-8-9(6-14-7-10(8)15(16)17)13-18-11(2,3)12(4,5)19-13/h6-7H,1-5H3. The van der Waals surface area contributed by atoms with Gasteiger partial charge in [-0.2, -0.15) is 0 Å². The zero-order chi connectivity index (χ0) is 14.4. The first kappa shape index (κ1) is 14.0. The molecule has 1 aromatic heterocycles. The van der Waals surface area contributed by atoms with Crippen LogP contribution in [0.25, 0.3) is 0 Å². The van der Waals surface area contributed by atoms with E-state index >= 15 is 0 Å². The van der Waals surface area contributed by atoms with Crippen molar-refractivity contribution in [1.29, 1.82) is 0 Å². The molecule has 19 heavy (non-hydrogen) atoms. The minimum atomic E-state index is -0.627. The maximum absolute atomic E-state index is 10.9. The average Bonchev–Trinajstić information content (AvgIpc) is 2.47. The summed E-state index contributed by atoms with van der Waals surface area (Å²) in [5, 5.41) is 10.9. The van der Waals surface area contributed by atoms with E-state index in [4.69, 9.17) is 9.31 Å². The molecule has 0 atom stereocenters. The largest absolute Gasteiger partial charge is 0.496 e. The lowest BCUT2D eigenvalue weighted by Gasteiger charge is -2.32. The molecule has 0 saturated carbocycles. The van der Waals surface area contributed by atoms with E-state index in [0.29, 0.717) is 11.0 Å². The smallest absolute Gasteiger partial charge is 0.399 e. The van der Waals surface area contributed by atoms with Crippen molar-refractivity contribution in [3.05, 3.63) is 28.1 Å². The van der Waals surface area contributed by atoms with E-state index in [1.807, 2.05) is 27.7 Å². The zero-order valence-corrected chi connectivity index (χ0v) is 11.8. The van der Waals surface area contributed by atoms with Crippen molar-refractivity contribution in [3.63, 3.8) is 0 Å². The third kappa shape index (κ3) is 2.23. The molecule has 0 radical (unpaired) electrons. The van der Waals surface area contributed by atoms with Gasteiger partial charge in [-0.15, -0.1) is 0 Å². The molecule has 0 unspecified atom stereocenters. The fourth-order valence-electron chi connectivity index (χ4n) is 1.92. The van der Waals surface area contributed by atoms with Crippen LogP contribution in [0.5, 0.6) is 0 Å². The van der Waals surface area contributed by atoms with Crippen molar-refractivity contribution in [2.75, 3.05) is 0 Å². The fraction of sp³-hybridized carbons (Fsp3) is 0.583. The molecule has 1 aliphatic rings. The summed E-state index contributed by atoms with van der Waals surface area (Å²) in [7, 11) is -0.627. The van der Waals surface area contributed by atoms with Crippen LogP contribution in [-0.2, 0) is 9.31 Å². The molecule has 1 fully saturated rings. The van der Waals surface area contributed by atoms with Crippen LogP contribution >= 0.6 is 0 Å². The molecule has 1 aromatic rings. The minimum Gasteiger partial charge on any atom is -0.399 e. The first-order chi connectivity index (χ1) is 8.66. The van der Waals surface area contributed by atoms with E-state index in [9.17, 15) is 10.1 Å². The number of nitrogens with zero attached hydrogens (tertiary/aromatic N) is 2. The molecule has 0 amide bonds. The lowest BCUT2D eigenvalue weighted by Crippen LogP contribution is -2.41. The monoisotopic (exact) mass is 264 g/mol. The van der Waals surface area contributed by atoms with Gasteiger partial charge in [0.1, 0.15) is 6.20 Å². The third-order valence-corrected chi connectivity index (χ3v) is 3.93. The average molecular weight is 264 g/mol. The van der Waals surface area contributed by atoms with Gasteiger partial charge in [0.15, 0.2) is 0 Å². The van der Waals surface area contributed by atoms with Gasteiger partial charge in [-0.1, -0.05) is 0 Å². The van der Waals surface area contributed by atoms with Crippen LogP contribution in [0.15, 0.2) is 12.4 Å². The van der Waals surface area contributed by atoms with Gasteiger partial charge in [0.25, 0.3) is 5.69 Å². The summed E-state index contributed by atoms with van der Waals surface area (Å²) in [5.41, 5.74) is 0.155. The van der Waals surface area contributed by atoms with Gasteiger partial charge in [-0.3, -0.25) is 15.1 Å². The molecule has 7 heteroatoms. The van der Waals surface area contributed by atoms with E-state index in [1.165, 1.54) is 6.20 Å². The van der Waals surface area contributed by atoms with Gasteiger partial charge in [0.05, 0.1) is 16.1 Å². The first-order valence-corrected chi connectivity index (χ1v) is 6.10. The molecule has 1 saturated heterocycles. The molecular weight excluding hydrogens is 247 g/mol. The number of aromatic nitrogens is 1. The highest BCUT2D eigenvalue weighted by Gasteiger charge is 2.52. The summed E-state index contributed by atoms with van der Waals surface area (Å²) >= 11 is 0. The molecule has 0 bridgehead atoms. The lowest BCUT2D eigenvalue weighted by molar-refractivity contribution is -0.385. The van der Waals surface area contributed by atoms with Gasteiger partial charge < -0.3 is 9.31 Å². The van der Waals surface area contributed by atoms with E-state index in [2.05, 4.69) is 4.98 Å². The van der Waals surface area contributed by atoms with Crippen molar-refractivity contribution in [2.45, 2.75) is 45.8 Å². The Morgan fingerprint density at radius 2 is 1.74 bits per heavy atom. The SMILES string of the molecule is Cc1c(B2OC(C)(C)C(C)(C)O2)cncc1[N+](=O)[O-]. The molecular formula is C12H17BN2O4. The molecule has 6 nitrogen and oxygen atoms in total. The lowest BCUT2D eigenvalue weighted by atomic mass is 9.77. The van der Waals surface area contributed by atoms with Crippen molar-refractivity contribution in [1.82, 2.24) is 4.98 Å². The Balaban J connectivity index is 2.40.